The van der Waals surface area contributed by atoms with Crippen LogP contribution in [0.15, 0.2) is 18.2 Å². The number of piperidine rings is 1. The lowest BCUT2D eigenvalue weighted by Crippen LogP contribution is -2.36. The zero-order chi connectivity index (χ0) is 20.0. The van der Waals surface area contributed by atoms with Crippen molar-refractivity contribution in [1.82, 2.24) is 4.90 Å². The third kappa shape index (κ3) is 6.81. The standard InChI is InChI=1S/C20H28N2O3S2/c1-13-7-9-22(10-8-13)20(26)27-12-18(23)25-16(4)19(24)21-17-6-5-14(2)11-15(17)3/h5-6,11,13,16H,7-10,12H2,1-4H3,(H,21,24)/t16-/m0/s1. The minimum atomic E-state index is -0.858. The van der Waals surface area contributed by atoms with Crippen molar-refractivity contribution >= 4 is 45.9 Å². The number of hydrogen-bond acceptors (Lipinski definition) is 5. The van der Waals surface area contributed by atoms with Crippen molar-refractivity contribution in [2.24, 2.45) is 5.92 Å². The molecule has 0 radical (unpaired) electrons. The number of likely N-dealkylation sites (tertiary alicyclic amines) is 1. The summed E-state index contributed by atoms with van der Waals surface area (Å²) >= 11 is 6.71. The Kier molecular flexibility index (Phi) is 8.10. The first-order valence-corrected chi connectivity index (χ1v) is 10.6. The molecule has 1 saturated heterocycles. The number of esters is 1. The van der Waals surface area contributed by atoms with Crippen LogP contribution < -0.4 is 5.32 Å². The molecule has 148 valence electrons. The van der Waals surface area contributed by atoms with E-state index in [1.54, 1.807) is 6.92 Å². The van der Waals surface area contributed by atoms with E-state index in [4.69, 9.17) is 17.0 Å². The van der Waals surface area contributed by atoms with Gasteiger partial charge >= 0.3 is 5.97 Å². The molecule has 2 rings (SSSR count). The summed E-state index contributed by atoms with van der Waals surface area (Å²) in [6.45, 7) is 9.63. The summed E-state index contributed by atoms with van der Waals surface area (Å²) in [6, 6.07) is 5.77. The van der Waals surface area contributed by atoms with E-state index in [0.29, 0.717) is 0 Å². The fourth-order valence-corrected chi connectivity index (χ4v) is 3.91. The van der Waals surface area contributed by atoms with Crippen LogP contribution in [-0.4, -0.2) is 46.0 Å². The van der Waals surface area contributed by atoms with E-state index < -0.39 is 12.1 Å². The first-order valence-electron chi connectivity index (χ1n) is 9.25. The lowest BCUT2D eigenvalue weighted by molar-refractivity contribution is -0.150. The number of thiocarbonyl (C=S) groups is 1. The molecule has 1 aliphatic rings. The van der Waals surface area contributed by atoms with Crippen LogP contribution in [0.3, 0.4) is 0 Å². The van der Waals surface area contributed by atoms with Crippen molar-refractivity contribution < 1.29 is 14.3 Å². The van der Waals surface area contributed by atoms with Gasteiger partial charge in [-0.1, -0.05) is 48.6 Å². The first-order chi connectivity index (χ1) is 12.8. The van der Waals surface area contributed by atoms with Gasteiger partial charge in [0, 0.05) is 18.8 Å². The molecule has 5 nitrogen and oxygen atoms in total. The number of thioether (sulfide) groups is 1. The Hall–Kier alpha value is -1.60. The molecule has 7 heteroatoms. The van der Waals surface area contributed by atoms with Gasteiger partial charge in [0.1, 0.15) is 4.32 Å². The van der Waals surface area contributed by atoms with Crippen molar-refractivity contribution in [2.45, 2.75) is 46.6 Å². The van der Waals surface area contributed by atoms with E-state index in [9.17, 15) is 9.59 Å². The van der Waals surface area contributed by atoms with Gasteiger partial charge in [-0.05, 0) is 51.2 Å². The molecule has 1 N–H and O–H groups in total. The molecule has 0 saturated carbocycles. The largest absolute Gasteiger partial charge is 0.452 e. The van der Waals surface area contributed by atoms with E-state index in [1.165, 1.54) is 11.8 Å². The Labute approximate surface area is 171 Å². The Balaban J connectivity index is 1.75. The Morgan fingerprint density at radius 3 is 2.63 bits per heavy atom. The Morgan fingerprint density at radius 2 is 2.00 bits per heavy atom. The minimum Gasteiger partial charge on any atom is -0.452 e. The number of nitrogens with one attached hydrogen (secondary N) is 1. The quantitative estimate of drug-likeness (QED) is 0.589. The zero-order valence-electron chi connectivity index (χ0n) is 16.4. The van der Waals surface area contributed by atoms with Gasteiger partial charge in [-0.25, -0.2) is 0 Å². The van der Waals surface area contributed by atoms with Crippen molar-refractivity contribution in [2.75, 3.05) is 24.2 Å². The normalized spacial score (nSPS) is 15.9. The molecule has 0 spiro atoms. The number of hydrogen-bond donors (Lipinski definition) is 1. The Morgan fingerprint density at radius 1 is 1.33 bits per heavy atom. The number of aryl methyl sites for hydroxylation is 2. The molecule has 1 aromatic carbocycles. The van der Waals surface area contributed by atoms with Gasteiger partial charge < -0.3 is 15.0 Å². The molecule has 1 fully saturated rings. The molecule has 0 aromatic heterocycles. The Bertz CT molecular complexity index is 700. The van der Waals surface area contributed by atoms with E-state index in [-0.39, 0.29) is 11.7 Å². The number of ether oxygens (including phenoxy) is 1. The number of benzene rings is 1. The topological polar surface area (TPSA) is 58.6 Å². The summed E-state index contributed by atoms with van der Waals surface area (Å²) in [4.78, 5) is 26.5. The van der Waals surface area contributed by atoms with Crippen LogP contribution in [0.2, 0.25) is 0 Å². The zero-order valence-corrected chi connectivity index (χ0v) is 18.0. The third-order valence-corrected chi connectivity index (χ3v) is 6.17. The lowest BCUT2D eigenvalue weighted by Gasteiger charge is -2.31. The van der Waals surface area contributed by atoms with Crippen molar-refractivity contribution in [3.8, 4) is 0 Å². The SMILES string of the molecule is Cc1ccc(NC(=O)[C@H](C)OC(=O)CSC(=S)N2CCC(C)CC2)c(C)c1. The van der Waals surface area contributed by atoms with Crippen LogP contribution >= 0.6 is 24.0 Å². The van der Waals surface area contributed by atoms with Gasteiger partial charge in [0.25, 0.3) is 5.91 Å². The highest BCUT2D eigenvalue weighted by Gasteiger charge is 2.21. The number of carbonyl (C=O) groups is 2. The predicted octanol–water partition coefficient (Wildman–Crippen LogP) is 3.92. The van der Waals surface area contributed by atoms with Crippen LogP contribution in [0.5, 0.6) is 0 Å². The third-order valence-electron chi connectivity index (χ3n) is 4.67. The maximum Gasteiger partial charge on any atom is 0.317 e. The fraction of sp³-hybridized carbons (Fsp3) is 0.550. The second-order valence-electron chi connectivity index (χ2n) is 7.16. The van der Waals surface area contributed by atoms with Gasteiger partial charge in [-0.15, -0.1) is 0 Å². The van der Waals surface area contributed by atoms with E-state index in [2.05, 4.69) is 17.1 Å². The summed E-state index contributed by atoms with van der Waals surface area (Å²) < 4.78 is 5.98. The van der Waals surface area contributed by atoms with E-state index in [0.717, 1.165) is 53.0 Å². The number of amides is 1. The molecule has 1 aliphatic heterocycles. The lowest BCUT2D eigenvalue weighted by atomic mass is 10.00. The van der Waals surface area contributed by atoms with Gasteiger partial charge in [0.15, 0.2) is 6.10 Å². The van der Waals surface area contributed by atoms with Crippen LogP contribution in [0.25, 0.3) is 0 Å². The molecular weight excluding hydrogens is 380 g/mol. The smallest absolute Gasteiger partial charge is 0.317 e. The molecule has 1 aromatic rings. The van der Waals surface area contributed by atoms with E-state index >= 15 is 0 Å². The van der Waals surface area contributed by atoms with Gasteiger partial charge in [0.2, 0.25) is 0 Å². The number of nitrogens with zero attached hydrogens (tertiary/aromatic N) is 1. The van der Waals surface area contributed by atoms with Crippen LogP contribution in [0.1, 0.15) is 37.8 Å². The van der Waals surface area contributed by atoms with E-state index in [1.807, 2.05) is 32.0 Å². The second-order valence-corrected chi connectivity index (χ2v) is 8.77. The summed E-state index contributed by atoms with van der Waals surface area (Å²) in [7, 11) is 0. The van der Waals surface area contributed by atoms with Crippen molar-refractivity contribution in [1.29, 1.82) is 0 Å². The minimum absolute atomic E-state index is 0.117. The van der Waals surface area contributed by atoms with Crippen molar-refractivity contribution in [3.05, 3.63) is 29.3 Å². The van der Waals surface area contributed by atoms with Crippen LogP contribution in [0.4, 0.5) is 5.69 Å². The molecule has 1 amide bonds. The fourth-order valence-electron chi connectivity index (χ4n) is 2.88. The summed E-state index contributed by atoms with van der Waals surface area (Å²) in [6.07, 6.45) is 1.39. The molecule has 1 heterocycles. The molecule has 0 aliphatic carbocycles. The highest BCUT2D eigenvalue weighted by molar-refractivity contribution is 8.23. The molecule has 0 unspecified atom stereocenters. The maximum atomic E-state index is 12.3. The van der Waals surface area contributed by atoms with Crippen molar-refractivity contribution in [3.63, 3.8) is 0 Å². The average molecular weight is 409 g/mol. The first kappa shape index (κ1) is 21.7. The van der Waals surface area contributed by atoms with Crippen LogP contribution in [-0.2, 0) is 14.3 Å². The number of anilines is 1. The van der Waals surface area contributed by atoms with Gasteiger partial charge in [0.05, 0.1) is 5.75 Å². The number of rotatable bonds is 5. The average Bonchev–Trinajstić information content (AvgIpc) is 2.62. The highest BCUT2D eigenvalue weighted by atomic mass is 32.2. The van der Waals surface area contributed by atoms with Gasteiger partial charge in [-0.2, -0.15) is 0 Å². The van der Waals surface area contributed by atoms with Gasteiger partial charge in [-0.3, -0.25) is 9.59 Å². The molecule has 27 heavy (non-hydrogen) atoms. The summed E-state index contributed by atoms with van der Waals surface area (Å²) in [5, 5.41) is 2.81. The predicted molar refractivity (Wildman–Crippen MR) is 115 cm³/mol. The summed E-state index contributed by atoms with van der Waals surface area (Å²) in [5.74, 6) is 0.0750. The monoisotopic (exact) mass is 408 g/mol. The van der Waals surface area contributed by atoms with Crippen LogP contribution in [0, 0.1) is 19.8 Å². The summed E-state index contributed by atoms with van der Waals surface area (Å²) in [5.41, 5.74) is 2.82. The molecule has 1 atom stereocenters. The maximum absolute atomic E-state index is 12.3. The number of carbonyl (C=O) groups excluding carboxylic acids is 2. The highest BCUT2D eigenvalue weighted by Crippen LogP contribution is 2.20. The second kappa shape index (κ2) is 10.1. The molecular formula is C20H28N2O3S2. The molecule has 0 bridgehead atoms.